The summed E-state index contributed by atoms with van der Waals surface area (Å²) in [6.07, 6.45) is -2.86. The lowest BCUT2D eigenvalue weighted by Crippen LogP contribution is -2.56. The van der Waals surface area contributed by atoms with Crippen molar-refractivity contribution < 1.29 is 42.2 Å². The van der Waals surface area contributed by atoms with Gasteiger partial charge in [0.15, 0.2) is 17.9 Å². The molecule has 3 aliphatic heterocycles. The van der Waals surface area contributed by atoms with E-state index in [1.165, 1.54) is 0 Å². The third-order valence-electron chi connectivity index (χ3n) is 4.89. The Kier molecular flexibility index (Phi) is 5.65. The number of ether oxygens (including phenoxy) is 5. The fourth-order valence-corrected chi connectivity index (χ4v) is 4.48. The van der Waals surface area contributed by atoms with E-state index >= 15 is 0 Å². The first-order chi connectivity index (χ1) is 13.5. The first kappa shape index (κ1) is 21.4. The molecule has 0 amide bonds. The van der Waals surface area contributed by atoms with Crippen LogP contribution in [0.5, 0.6) is 0 Å². The number of phosphoric acid groups is 1. The molecule has 162 valence electrons. The largest absolute Gasteiger partial charge is 0.472 e. The van der Waals surface area contributed by atoms with E-state index < -0.39 is 50.1 Å². The highest BCUT2D eigenvalue weighted by molar-refractivity contribution is 7.47. The van der Waals surface area contributed by atoms with Gasteiger partial charge >= 0.3 is 7.82 Å². The topological polar surface area (TPSA) is 102 Å². The second kappa shape index (κ2) is 7.67. The van der Waals surface area contributed by atoms with Gasteiger partial charge in [-0.05, 0) is 33.3 Å². The summed E-state index contributed by atoms with van der Waals surface area (Å²) in [6, 6.07) is 9.07. The predicted molar refractivity (Wildman–Crippen MR) is 99.5 cm³/mol. The molecule has 3 aliphatic rings. The van der Waals surface area contributed by atoms with Crippen molar-refractivity contribution >= 4 is 7.82 Å². The van der Waals surface area contributed by atoms with Gasteiger partial charge < -0.3 is 28.6 Å². The van der Waals surface area contributed by atoms with E-state index in [0.29, 0.717) is 0 Å². The summed E-state index contributed by atoms with van der Waals surface area (Å²) in [7, 11) is -4.30. The molecule has 3 saturated heterocycles. The van der Waals surface area contributed by atoms with Gasteiger partial charge in [-0.3, -0.25) is 9.05 Å². The van der Waals surface area contributed by atoms with Crippen LogP contribution in [-0.2, 0) is 43.9 Å². The second-order valence-corrected chi connectivity index (χ2v) is 9.68. The Labute approximate surface area is 169 Å². The summed E-state index contributed by atoms with van der Waals surface area (Å²) in [4.78, 5) is 10.0. The fraction of sp³-hybridized carbons (Fsp3) is 0.684. The molecule has 0 radical (unpaired) electrons. The SMILES string of the molecule is CC1(C)O[C@H]2[C@@H](O1)[C@@H](COP(=O)(O)OCc1ccccc1)O[C@@H]1OC(C)(C)O[C@@H]12. The van der Waals surface area contributed by atoms with Crippen LogP contribution in [0.2, 0.25) is 0 Å². The standard InChI is InChI=1S/C19H27O9P/c1-18(2)25-14-13(24-17-16(15(14)26-18)27-19(3,4)28-17)11-23-29(20,21)22-10-12-8-6-5-7-9-12/h5-9,13-17H,10-11H2,1-4H3,(H,20,21)/t13-,14+,15+,16-,17-/m1/s1. The van der Waals surface area contributed by atoms with Gasteiger partial charge in [-0.2, -0.15) is 0 Å². The van der Waals surface area contributed by atoms with Gasteiger partial charge in [0.05, 0.1) is 13.2 Å². The molecule has 0 bridgehead atoms. The molecule has 0 aliphatic carbocycles. The summed E-state index contributed by atoms with van der Waals surface area (Å²) in [5, 5.41) is 0. The summed E-state index contributed by atoms with van der Waals surface area (Å²) >= 11 is 0. The number of hydrogen-bond donors (Lipinski definition) is 1. The molecule has 1 unspecified atom stereocenters. The molecule has 0 aromatic heterocycles. The van der Waals surface area contributed by atoms with Gasteiger partial charge in [0.25, 0.3) is 0 Å². The molecule has 1 aromatic carbocycles. The molecule has 29 heavy (non-hydrogen) atoms. The molecular weight excluding hydrogens is 403 g/mol. The lowest BCUT2D eigenvalue weighted by Gasteiger charge is -2.37. The molecule has 0 spiro atoms. The Morgan fingerprint density at radius 2 is 1.55 bits per heavy atom. The Bertz CT molecular complexity index is 768. The zero-order valence-corrected chi connectivity index (χ0v) is 17.7. The number of fused-ring (bicyclic) bond motifs is 3. The number of hydrogen-bond acceptors (Lipinski definition) is 8. The van der Waals surface area contributed by atoms with Crippen molar-refractivity contribution in [3.8, 4) is 0 Å². The van der Waals surface area contributed by atoms with Crippen molar-refractivity contribution in [2.45, 2.75) is 76.6 Å². The van der Waals surface area contributed by atoms with E-state index in [-0.39, 0.29) is 13.2 Å². The van der Waals surface area contributed by atoms with Crippen molar-refractivity contribution in [2.75, 3.05) is 6.61 Å². The molecule has 1 N–H and O–H groups in total. The lowest BCUT2D eigenvalue weighted by atomic mass is 9.99. The number of rotatable bonds is 6. The summed E-state index contributed by atoms with van der Waals surface area (Å²) in [6.45, 7) is 6.88. The van der Waals surface area contributed by atoms with Crippen molar-refractivity contribution in [2.24, 2.45) is 0 Å². The Morgan fingerprint density at radius 3 is 2.28 bits per heavy atom. The van der Waals surface area contributed by atoms with Crippen LogP contribution in [0.1, 0.15) is 33.3 Å². The summed E-state index contributed by atoms with van der Waals surface area (Å²) in [5.74, 6) is -1.69. The molecular formula is C19H27O9P. The molecule has 3 heterocycles. The summed E-state index contributed by atoms with van der Waals surface area (Å²) < 4.78 is 52.2. The maximum atomic E-state index is 12.3. The molecule has 0 saturated carbocycles. The first-order valence-electron chi connectivity index (χ1n) is 9.56. The van der Waals surface area contributed by atoms with Gasteiger partial charge in [-0.1, -0.05) is 30.3 Å². The minimum atomic E-state index is -4.30. The van der Waals surface area contributed by atoms with Crippen molar-refractivity contribution in [3.63, 3.8) is 0 Å². The van der Waals surface area contributed by atoms with Crippen LogP contribution in [-0.4, -0.2) is 53.8 Å². The van der Waals surface area contributed by atoms with Crippen LogP contribution in [0.15, 0.2) is 30.3 Å². The highest BCUT2D eigenvalue weighted by Crippen LogP contribution is 2.47. The van der Waals surface area contributed by atoms with E-state index in [0.717, 1.165) is 5.56 Å². The second-order valence-electron chi connectivity index (χ2n) is 8.23. The van der Waals surface area contributed by atoms with Gasteiger partial charge in [-0.15, -0.1) is 0 Å². The number of phosphoric ester groups is 1. The first-order valence-corrected chi connectivity index (χ1v) is 11.1. The van der Waals surface area contributed by atoms with Crippen LogP contribution < -0.4 is 0 Å². The summed E-state index contributed by atoms with van der Waals surface area (Å²) in [5.41, 5.74) is 0.759. The van der Waals surface area contributed by atoms with Gasteiger partial charge in [0.1, 0.15) is 24.4 Å². The maximum Gasteiger partial charge on any atom is 0.472 e. The smallest absolute Gasteiger partial charge is 0.342 e. The third kappa shape index (κ3) is 4.90. The monoisotopic (exact) mass is 430 g/mol. The Balaban J connectivity index is 1.40. The van der Waals surface area contributed by atoms with E-state index in [1.54, 1.807) is 39.8 Å². The van der Waals surface area contributed by atoms with E-state index in [1.807, 2.05) is 18.2 Å². The minimum absolute atomic E-state index is 0.0469. The van der Waals surface area contributed by atoms with E-state index in [4.69, 9.17) is 32.7 Å². The Morgan fingerprint density at radius 1 is 0.931 bits per heavy atom. The zero-order chi connectivity index (χ0) is 20.9. The Hall–Kier alpha value is -0.870. The van der Waals surface area contributed by atoms with Crippen LogP contribution >= 0.6 is 7.82 Å². The molecule has 4 rings (SSSR count). The quantitative estimate of drug-likeness (QED) is 0.683. The normalized spacial score (nSPS) is 36.9. The molecule has 10 heteroatoms. The van der Waals surface area contributed by atoms with Crippen LogP contribution in [0.4, 0.5) is 0 Å². The van der Waals surface area contributed by atoms with Gasteiger partial charge in [-0.25, -0.2) is 4.57 Å². The highest BCUT2D eigenvalue weighted by atomic mass is 31.2. The van der Waals surface area contributed by atoms with Crippen molar-refractivity contribution in [1.29, 1.82) is 0 Å². The lowest BCUT2D eigenvalue weighted by molar-refractivity contribution is -0.239. The van der Waals surface area contributed by atoms with Gasteiger partial charge in [0.2, 0.25) is 0 Å². The molecule has 1 aromatic rings. The van der Waals surface area contributed by atoms with Crippen LogP contribution in [0.25, 0.3) is 0 Å². The van der Waals surface area contributed by atoms with Gasteiger partial charge in [0, 0.05) is 0 Å². The average molecular weight is 430 g/mol. The fourth-order valence-electron chi connectivity index (χ4n) is 3.76. The van der Waals surface area contributed by atoms with Crippen LogP contribution in [0.3, 0.4) is 0 Å². The molecule has 3 fully saturated rings. The zero-order valence-electron chi connectivity index (χ0n) is 16.8. The average Bonchev–Trinajstić information content (AvgIpc) is 3.13. The molecule has 6 atom stereocenters. The number of benzene rings is 1. The van der Waals surface area contributed by atoms with Crippen molar-refractivity contribution in [1.82, 2.24) is 0 Å². The highest BCUT2D eigenvalue weighted by Gasteiger charge is 2.60. The van der Waals surface area contributed by atoms with E-state index in [9.17, 15) is 9.46 Å². The van der Waals surface area contributed by atoms with E-state index in [2.05, 4.69) is 0 Å². The van der Waals surface area contributed by atoms with Crippen LogP contribution in [0, 0.1) is 0 Å². The molecule has 9 nitrogen and oxygen atoms in total. The predicted octanol–water partition coefficient (Wildman–Crippen LogP) is 2.72. The third-order valence-corrected chi connectivity index (χ3v) is 5.82. The maximum absolute atomic E-state index is 12.3. The van der Waals surface area contributed by atoms with Crippen molar-refractivity contribution in [3.05, 3.63) is 35.9 Å². The minimum Gasteiger partial charge on any atom is -0.342 e.